The Kier molecular flexibility index (Phi) is 4.66. The zero-order valence-corrected chi connectivity index (χ0v) is 14.1. The number of rotatable bonds is 4. The van der Waals surface area contributed by atoms with E-state index in [0.717, 1.165) is 5.56 Å². The van der Waals surface area contributed by atoms with Gasteiger partial charge in [-0.05, 0) is 23.6 Å². The van der Waals surface area contributed by atoms with Gasteiger partial charge < -0.3 is 0 Å². The zero-order valence-electron chi connectivity index (χ0n) is 13.3. The fourth-order valence-corrected chi connectivity index (χ4v) is 2.95. The van der Waals surface area contributed by atoms with Crippen LogP contribution in [0.1, 0.15) is 35.7 Å². The van der Waals surface area contributed by atoms with Gasteiger partial charge in [-0.1, -0.05) is 61.6 Å². The number of carbonyl (C=O) groups is 1. The van der Waals surface area contributed by atoms with Crippen molar-refractivity contribution in [3.05, 3.63) is 65.5 Å². The minimum Gasteiger partial charge on any atom is -0.296 e. The Bertz CT molecular complexity index is 859. The second-order valence-electron chi connectivity index (χ2n) is 5.62. The Morgan fingerprint density at radius 2 is 1.79 bits per heavy atom. The minimum atomic E-state index is -0.566. The number of anilines is 1. The van der Waals surface area contributed by atoms with Gasteiger partial charge in [0.05, 0.1) is 5.56 Å². The number of hydrogen-bond acceptors (Lipinski definition) is 4. The van der Waals surface area contributed by atoms with Gasteiger partial charge >= 0.3 is 0 Å². The van der Waals surface area contributed by atoms with Crippen LogP contribution < -0.4 is 5.32 Å². The van der Waals surface area contributed by atoms with Crippen LogP contribution in [0.4, 0.5) is 9.52 Å². The van der Waals surface area contributed by atoms with Crippen LogP contribution >= 0.6 is 11.3 Å². The van der Waals surface area contributed by atoms with E-state index in [9.17, 15) is 9.18 Å². The summed E-state index contributed by atoms with van der Waals surface area (Å²) in [5.74, 6) is -0.640. The highest BCUT2D eigenvalue weighted by Crippen LogP contribution is 2.28. The smallest absolute Gasteiger partial charge is 0.260 e. The topological polar surface area (TPSA) is 54.9 Å². The molecule has 3 aromatic rings. The fraction of sp³-hybridized carbons (Fsp3) is 0.167. The van der Waals surface area contributed by atoms with Gasteiger partial charge in [-0.25, -0.2) is 4.39 Å². The van der Waals surface area contributed by atoms with Gasteiger partial charge in [-0.3, -0.25) is 10.1 Å². The maximum absolute atomic E-state index is 13.6. The van der Waals surface area contributed by atoms with E-state index in [0.29, 0.717) is 16.1 Å². The number of nitrogens with zero attached hydrogens (tertiary/aromatic N) is 2. The molecule has 0 fully saturated rings. The van der Waals surface area contributed by atoms with Gasteiger partial charge in [0.25, 0.3) is 5.91 Å². The average molecular weight is 341 g/mol. The Labute approximate surface area is 143 Å². The maximum Gasteiger partial charge on any atom is 0.260 e. The first-order chi connectivity index (χ1) is 11.5. The molecule has 6 heteroatoms. The molecule has 0 spiro atoms. The second kappa shape index (κ2) is 6.88. The summed E-state index contributed by atoms with van der Waals surface area (Å²) in [6, 6.07) is 13.9. The largest absolute Gasteiger partial charge is 0.296 e. The van der Waals surface area contributed by atoms with E-state index in [1.54, 1.807) is 6.07 Å². The number of carbonyl (C=O) groups excluding carboxylic acids is 1. The summed E-state index contributed by atoms with van der Waals surface area (Å²) in [6.07, 6.45) is 0. The Morgan fingerprint density at radius 1 is 1.08 bits per heavy atom. The molecule has 0 aliphatic heterocycles. The lowest BCUT2D eigenvalue weighted by Crippen LogP contribution is -2.13. The number of aromatic nitrogens is 2. The van der Waals surface area contributed by atoms with Crippen LogP contribution in [-0.4, -0.2) is 16.1 Å². The van der Waals surface area contributed by atoms with Crippen molar-refractivity contribution in [3.63, 3.8) is 0 Å². The lowest BCUT2D eigenvalue weighted by atomic mass is 10.0. The summed E-state index contributed by atoms with van der Waals surface area (Å²) < 4.78 is 13.6. The zero-order chi connectivity index (χ0) is 17.1. The standard InChI is InChI=1S/C18H16FN3OS/c1-11(2)12-7-9-13(10-8-12)17-21-22-18(24-17)20-16(23)14-5-3-4-6-15(14)19/h3-11H,1-2H3,(H,20,22,23). The molecule has 0 saturated heterocycles. The van der Waals surface area contributed by atoms with Crippen molar-refractivity contribution in [2.75, 3.05) is 5.32 Å². The Hall–Kier alpha value is -2.60. The third-order valence-corrected chi connectivity index (χ3v) is 4.48. The van der Waals surface area contributed by atoms with E-state index in [-0.39, 0.29) is 5.56 Å². The molecule has 0 bridgehead atoms. The van der Waals surface area contributed by atoms with Gasteiger partial charge in [0, 0.05) is 5.56 Å². The number of hydrogen-bond donors (Lipinski definition) is 1. The molecule has 0 aliphatic rings. The Morgan fingerprint density at radius 3 is 2.46 bits per heavy atom. The van der Waals surface area contributed by atoms with Gasteiger partial charge in [-0.15, -0.1) is 10.2 Å². The minimum absolute atomic E-state index is 0.0180. The van der Waals surface area contributed by atoms with E-state index in [4.69, 9.17) is 0 Å². The third kappa shape index (κ3) is 3.49. The van der Waals surface area contributed by atoms with Crippen molar-refractivity contribution < 1.29 is 9.18 Å². The predicted octanol–water partition coefficient (Wildman–Crippen LogP) is 4.72. The molecule has 1 heterocycles. The van der Waals surface area contributed by atoms with Crippen molar-refractivity contribution in [3.8, 4) is 10.6 Å². The molecule has 0 atom stereocenters. The van der Waals surface area contributed by atoms with E-state index in [1.807, 2.05) is 12.1 Å². The molecule has 24 heavy (non-hydrogen) atoms. The molecule has 122 valence electrons. The van der Waals surface area contributed by atoms with Gasteiger partial charge in [0.1, 0.15) is 10.8 Å². The number of amides is 1. The van der Waals surface area contributed by atoms with Crippen LogP contribution in [0.25, 0.3) is 10.6 Å². The highest BCUT2D eigenvalue weighted by Gasteiger charge is 2.14. The van der Waals surface area contributed by atoms with E-state index < -0.39 is 11.7 Å². The molecule has 1 N–H and O–H groups in total. The van der Waals surface area contributed by atoms with E-state index in [1.165, 1.54) is 35.1 Å². The summed E-state index contributed by atoms with van der Waals surface area (Å²) in [6.45, 7) is 4.27. The summed E-state index contributed by atoms with van der Waals surface area (Å²) in [5, 5.41) is 11.7. The van der Waals surface area contributed by atoms with Crippen LogP contribution in [0.2, 0.25) is 0 Å². The first-order valence-electron chi connectivity index (χ1n) is 7.54. The monoisotopic (exact) mass is 341 g/mol. The van der Waals surface area contributed by atoms with Crippen LogP contribution in [0.5, 0.6) is 0 Å². The number of halogens is 1. The SMILES string of the molecule is CC(C)c1ccc(-c2nnc(NC(=O)c3ccccc3F)s2)cc1. The molecular formula is C18H16FN3OS. The molecule has 0 saturated carbocycles. The average Bonchev–Trinajstić information content (AvgIpc) is 3.03. The lowest BCUT2D eigenvalue weighted by molar-refractivity contribution is 0.102. The summed E-state index contributed by atoms with van der Waals surface area (Å²) in [5.41, 5.74) is 2.16. The molecule has 0 radical (unpaired) electrons. The molecular weight excluding hydrogens is 325 g/mol. The van der Waals surface area contributed by atoms with E-state index in [2.05, 4.69) is 41.5 Å². The molecule has 4 nitrogen and oxygen atoms in total. The number of benzene rings is 2. The Balaban J connectivity index is 1.76. The lowest BCUT2D eigenvalue weighted by Gasteiger charge is -2.04. The third-order valence-electron chi connectivity index (χ3n) is 3.59. The van der Waals surface area contributed by atoms with Crippen LogP contribution in [0, 0.1) is 5.82 Å². The molecule has 1 amide bonds. The normalized spacial score (nSPS) is 10.8. The highest BCUT2D eigenvalue weighted by molar-refractivity contribution is 7.18. The van der Waals surface area contributed by atoms with Crippen molar-refractivity contribution in [1.29, 1.82) is 0 Å². The summed E-state index contributed by atoms with van der Waals surface area (Å²) in [7, 11) is 0. The van der Waals surface area contributed by atoms with Crippen molar-refractivity contribution in [2.24, 2.45) is 0 Å². The predicted molar refractivity (Wildman–Crippen MR) is 93.8 cm³/mol. The molecule has 2 aromatic carbocycles. The quantitative estimate of drug-likeness (QED) is 0.747. The van der Waals surface area contributed by atoms with Crippen LogP contribution in [-0.2, 0) is 0 Å². The van der Waals surface area contributed by atoms with Gasteiger partial charge in [0.15, 0.2) is 0 Å². The first-order valence-corrected chi connectivity index (χ1v) is 8.36. The number of nitrogens with one attached hydrogen (secondary N) is 1. The van der Waals surface area contributed by atoms with Gasteiger partial charge in [0.2, 0.25) is 5.13 Å². The molecule has 3 rings (SSSR count). The molecule has 0 unspecified atom stereocenters. The summed E-state index contributed by atoms with van der Waals surface area (Å²) in [4.78, 5) is 12.1. The fourth-order valence-electron chi connectivity index (χ4n) is 2.21. The molecule has 1 aromatic heterocycles. The molecule has 0 aliphatic carbocycles. The summed E-state index contributed by atoms with van der Waals surface area (Å²) >= 11 is 1.25. The first kappa shape index (κ1) is 16.3. The van der Waals surface area contributed by atoms with Gasteiger partial charge in [-0.2, -0.15) is 0 Å². The van der Waals surface area contributed by atoms with Crippen molar-refractivity contribution in [1.82, 2.24) is 10.2 Å². The van der Waals surface area contributed by atoms with Crippen LogP contribution in [0.15, 0.2) is 48.5 Å². The van der Waals surface area contributed by atoms with Crippen LogP contribution in [0.3, 0.4) is 0 Å². The second-order valence-corrected chi connectivity index (χ2v) is 6.60. The van der Waals surface area contributed by atoms with Crippen molar-refractivity contribution >= 4 is 22.4 Å². The van der Waals surface area contributed by atoms with Crippen molar-refractivity contribution in [2.45, 2.75) is 19.8 Å². The maximum atomic E-state index is 13.6. The van der Waals surface area contributed by atoms with E-state index >= 15 is 0 Å². The highest BCUT2D eigenvalue weighted by atomic mass is 32.1.